The zero-order valence-corrected chi connectivity index (χ0v) is 14.4. The number of esters is 1. The third-order valence-corrected chi connectivity index (χ3v) is 3.88. The lowest BCUT2D eigenvalue weighted by molar-refractivity contribution is -0.385. The first-order chi connectivity index (χ1) is 13.0. The molecule has 1 aliphatic rings. The molecule has 1 heterocycles. The summed E-state index contributed by atoms with van der Waals surface area (Å²) in [6, 6.07) is 9.00. The second-order valence-electron chi connectivity index (χ2n) is 5.69. The van der Waals surface area contributed by atoms with E-state index in [4.69, 9.17) is 14.2 Å². The van der Waals surface area contributed by atoms with Crippen LogP contribution in [0.25, 0.3) is 0 Å². The molecule has 0 aliphatic carbocycles. The molecule has 9 heteroatoms. The molecule has 27 heavy (non-hydrogen) atoms. The van der Waals surface area contributed by atoms with Crippen molar-refractivity contribution in [3.63, 3.8) is 0 Å². The van der Waals surface area contributed by atoms with Gasteiger partial charge in [-0.2, -0.15) is 0 Å². The van der Waals surface area contributed by atoms with Crippen molar-refractivity contribution in [2.75, 3.05) is 25.1 Å². The van der Waals surface area contributed by atoms with Gasteiger partial charge in [0.15, 0.2) is 18.1 Å². The van der Waals surface area contributed by atoms with Gasteiger partial charge in [-0.15, -0.1) is 0 Å². The van der Waals surface area contributed by atoms with Crippen LogP contribution in [0.15, 0.2) is 36.4 Å². The molecule has 0 saturated carbocycles. The summed E-state index contributed by atoms with van der Waals surface area (Å²) in [7, 11) is 0. The molecule has 1 amide bonds. The highest BCUT2D eigenvalue weighted by molar-refractivity contribution is 5.96. The van der Waals surface area contributed by atoms with Gasteiger partial charge in [0.2, 0.25) is 0 Å². The number of nitro groups is 1. The zero-order valence-electron chi connectivity index (χ0n) is 14.4. The van der Waals surface area contributed by atoms with Gasteiger partial charge in [0.25, 0.3) is 11.6 Å². The van der Waals surface area contributed by atoms with E-state index in [1.54, 1.807) is 18.2 Å². The van der Waals surface area contributed by atoms with Crippen LogP contribution in [-0.4, -0.2) is 36.6 Å². The number of nitrogens with zero attached hydrogens (tertiary/aromatic N) is 1. The number of carbonyl (C=O) groups is 2. The van der Waals surface area contributed by atoms with Crippen molar-refractivity contribution >= 4 is 23.3 Å². The van der Waals surface area contributed by atoms with Crippen LogP contribution < -0.4 is 14.8 Å². The summed E-state index contributed by atoms with van der Waals surface area (Å²) >= 11 is 0. The van der Waals surface area contributed by atoms with Crippen molar-refractivity contribution < 1.29 is 28.7 Å². The Morgan fingerprint density at radius 1 is 1.19 bits per heavy atom. The van der Waals surface area contributed by atoms with E-state index in [0.29, 0.717) is 30.4 Å². The fraction of sp³-hybridized carbons (Fsp3) is 0.222. The van der Waals surface area contributed by atoms with Crippen LogP contribution in [0.2, 0.25) is 0 Å². The van der Waals surface area contributed by atoms with Gasteiger partial charge in [-0.25, -0.2) is 4.79 Å². The Hall–Kier alpha value is -3.62. The number of hydrogen-bond donors (Lipinski definition) is 1. The van der Waals surface area contributed by atoms with E-state index in [0.717, 1.165) is 0 Å². The van der Waals surface area contributed by atoms with Crippen LogP contribution in [0.1, 0.15) is 15.9 Å². The molecule has 2 aromatic rings. The number of nitro benzene ring substituents is 1. The molecule has 0 bridgehead atoms. The number of rotatable bonds is 5. The van der Waals surface area contributed by atoms with Crippen molar-refractivity contribution in [1.82, 2.24) is 0 Å². The summed E-state index contributed by atoms with van der Waals surface area (Å²) in [4.78, 5) is 34.5. The average Bonchev–Trinajstić information content (AvgIpc) is 2.66. The number of amides is 1. The minimum absolute atomic E-state index is 0.0383. The molecule has 9 nitrogen and oxygen atoms in total. The lowest BCUT2D eigenvalue weighted by Crippen LogP contribution is -2.21. The van der Waals surface area contributed by atoms with Crippen LogP contribution in [0, 0.1) is 17.0 Å². The average molecular weight is 372 g/mol. The Balaban J connectivity index is 1.60. The van der Waals surface area contributed by atoms with Gasteiger partial charge in [-0.3, -0.25) is 14.9 Å². The Bertz CT molecular complexity index is 911. The predicted molar refractivity (Wildman–Crippen MR) is 94.2 cm³/mol. The maximum atomic E-state index is 12.1. The Morgan fingerprint density at radius 3 is 2.67 bits per heavy atom. The highest BCUT2D eigenvalue weighted by Gasteiger charge is 2.20. The van der Waals surface area contributed by atoms with E-state index in [9.17, 15) is 19.7 Å². The number of nitrogens with one attached hydrogen (secondary N) is 1. The minimum atomic E-state index is -0.812. The van der Waals surface area contributed by atoms with Gasteiger partial charge in [0.05, 0.1) is 10.5 Å². The van der Waals surface area contributed by atoms with Crippen LogP contribution in [0.5, 0.6) is 11.5 Å². The van der Waals surface area contributed by atoms with Crippen LogP contribution in [0.3, 0.4) is 0 Å². The zero-order chi connectivity index (χ0) is 19.4. The molecule has 0 spiro atoms. The molecule has 1 N–H and O–H groups in total. The van der Waals surface area contributed by atoms with Gasteiger partial charge in [-0.1, -0.05) is 6.07 Å². The third kappa shape index (κ3) is 4.14. The lowest BCUT2D eigenvalue weighted by atomic mass is 10.1. The Labute approximate surface area is 154 Å². The van der Waals surface area contributed by atoms with E-state index >= 15 is 0 Å². The lowest BCUT2D eigenvalue weighted by Gasteiger charge is -2.19. The normalized spacial score (nSPS) is 12.2. The molecule has 0 saturated heterocycles. The molecule has 1 aliphatic heterocycles. The number of benzene rings is 2. The predicted octanol–water partition coefficient (Wildman–Crippen LogP) is 2.47. The number of fused-ring (bicyclic) bond motifs is 1. The molecule has 3 rings (SSSR count). The van der Waals surface area contributed by atoms with Crippen molar-refractivity contribution in [3.8, 4) is 11.5 Å². The smallest absolute Gasteiger partial charge is 0.339 e. The highest BCUT2D eigenvalue weighted by Crippen LogP contribution is 2.32. The second kappa shape index (κ2) is 7.73. The van der Waals surface area contributed by atoms with E-state index in [2.05, 4.69) is 5.32 Å². The third-order valence-electron chi connectivity index (χ3n) is 3.88. The molecule has 0 unspecified atom stereocenters. The van der Waals surface area contributed by atoms with Crippen molar-refractivity contribution in [1.29, 1.82) is 0 Å². The van der Waals surface area contributed by atoms with Crippen LogP contribution in [0.4, 0.5) is 11.4 Å². The molecule has 0 atom stereocenters. The Morgan fingerprint density at radius 2 is 1.93 bits per heavy atom. The summed E-state index contributed by atoms with van der Waals surface area (Å²) in [5.74, 6) is -0.258. The quantitative estimate of drug-likeness (QED) is 0.487. The largest absolute Gasteiger partial charge is 0.486 e. The molecule has 0 aromatic heterocycles. The highest BCUT2D eigenvalue weighted by atomic mass is 16.6. The monoisotopic (exact) mass is 372 g/mol. The van der Waals surface area contributed by atoms with Crippen molar-refractivity contribution in [3.05, 3.63) is 57.6 Å². The maximum absolute atomic E-state index is 12.1. The molecular weight excluding hydrogens is 356 g/mol. The summed E-state index contributed by atoms with van der Waals surface area (Å²) in [5, 5.41) is 13.5. The fourth-order valence-electron chi connectivity index (χ4n) is 2.57. The topological polar surface area (TPSA) is 117 Å². The van der Waals surface area contributed by atoms with Crippen molar-refractivity contribution in [2.24, 2.45) is 0 Å². The van der Waals surface area contributed by atoms with Crippen LogP contribution >= 0.6 is 0 Å². The SMILES string of the molecule is Cc1c(C(=O)OCC(=O)Nc2ccc3c(c2)OCCO3)cccc1[N+](=O)[O-]. The number of anilines is 1. The first-order valence-corrected chi connectivity index (χ1v) is 8.06. The second-order valence-corrected chi connectivity index (χ2v) is 5.69. The fourth-order valence-corrected chi connectivity index (χ4v) is 2.57. The standard InChI is InChI=1S/C18H16N2O7/c1-11-13(3-2-4-14(11)20(23)24)18(22)27-10-17(21)19-12-5-6-15-16(9-12)26-8-7-25-15/h2-6,9H,7-8,10H2,1H3,(H,19,21). The first-order valence-electron chi connectivity index (χ1n) is 8.06. The number of carbonyl (C=O) groups excluding carboxylic acids is 2. The number of ether oxygens (including phenoxy) is 3. The Kier molecular flexibility index (Phi) is 5.20. The van der Waals surface area contributed by atoms with Gasteiger partial charge in [0.1, 0.15) is 13.2 Å². The van der Waals surface area contributed by atoms with Gasteiger partial charge in [-0.05, 0) is 25.1 Å². The van der Waals surface area contributed by atoms with Gasteiger partial charge in [0, 0.05) is 23.4 Å². The summed E-state index contributed by atoms with van der Waals surface area (Å²) in [5.41, 5.74) is 0.494. The maximum Gasteiger partial charge on any atom is 0.339 e. The van der Waals surface area contributed by atoms with E-state index < -0.39 is 23.4 Å². The molecular formula is C18H16N2O7. The summed E-state index contributed by atoms with van der Waals surface area (Å²) in [6.07, 6.45) is 0. The molecule has 2 aromatic carbocycles. The van der Waals surface area contributed by atoms with Crippen LogP contribution in [-0.2, 0) is 9.53 Å². The first kappa shape index (κ1) is 18.2. The summed E-state index contributed by atoms with van der Waals surface area (Å²) < 4.78 is 15.8. The molecule has 0 fully saturated rings. The number of hydrogen-bond acceptors (Lipinski definition) is 7. The molecule has 0 radical (unpaired) electrons. The van der Waals surface area contributed by atoms with E-state index in [-0.39, 0.29) is 16.8 Å². The van der Waals surface area contributed by atoms with E-state index in [1.807, 2.05) is 0 Å². The summed E-state index contributed by atoms with van der Waals surface area (Å²) in [6.45, 7) is 1.80. The van der Waals surface area contributed by atoms with Gasteiger partial charge >= 0.3 is 5.97 Å². The van der Waals surface area contributed by atoms with Crippen molar-refractivity contribution in [2.45, 2.75) is 6.92 Å². The van der Waals surface area contributed by atoms with E-state index in [1.165, 1.54) is 25.1 Å². The minimum Gasteiger partial charge on any atom is -0.486 e. The van der Waals surface area contributed by atoms with Gasteiger partial charge < -0.3 is 19.5 Å². The molecule has 140 valence electrons.